The van der Waals surface area contributed by atoms with Crippen LogP contribution in [0.15, 0.2) is 0 Å². The summed E-state index contributed by atoms with van der Waals surface area (Å²) in [6.45, 7) is 6.86. The minimum atomic E-state index is 0.117. The number of nitrogens with two attached hydrogens (primary N) is 1. The van der Waals surface area contributed by atoms with E-state index in [-0.39, 0.29) is 6.04 Å². The first kappa shape index (κ1) is 14.5. The van der Waals surface area contributed by atoms with E-state index in [0.717, 1.165) is 12.5 Å². The average molecular weight is 238 g/mol. The molecule has 17 heavy (non-hydrogen) atoms. The predicted octanol–water partition coefficient (Wildman–Crippen LogP) is 1.48. The molecule has 1 fully saturated rings. The highest BCUT2D eigenvalue weighted by Gasteiger charge is 2.19. The van der Waals surface area contributed by atoms with Crippen molar-refractivity contribution in [2.45, 2.75) is 38.6 Å². The monoisotopic (exact) mass is 238 g/mol. The molecule has 1 aliphatic rings. The molecule has 98 valence electrons. The zero-order valence-electron chi connectivity index (χ0n) is 11.0. The summed E-state index contributed by atoms with van der Waals surface area (Å²) in [5.41, 5.74) is 6.04. The van der Waals surface area contributed by atoms with Crippen molar-refractivity contribution in [1.29, 1.82) is 0 Å². The van der Waals surface area contributed by atoms with Crippen molar-refractivity contribution in [2.75, 3.05) is 32.8 Å². The Hall–Kier alpha value is -0.560. The molecule has 0 aliphatic carbocycles. The lowest BCUT2D eigenvalue weighted by Gasteiger charge is -2.33. The summed E-state index contributed by atoms with van der Waals surface area (Å²) in [6, 6.07) is 0.117. The first-order valence-electron chi connectivity index (χ1n) is 6.75. The third-order valence-electron chi connectivity index (χ3n) is 3.50. The second kappa shape index (κ2) is 8.52. The van der Waals surface area contributed by atoms with Crippen LogP contribution in [-0.2, 0) is 4.74 Å². The van der Waals surface area contributed by atoms with Crippen LogP contribution in [0.1, 0.15) is 32.6 Å². The van der Waals surface area contributed by atoms with Crippen molar-refractivity contribution in [3.05, 3.63) is 0 Å². The molecule has 1 saturated heterocycles. The molecule has 0 spiro atoms. The van der Waals surface area contributed by atoms with Crippen LogP contribution in [0.3, 0.4) is 0 Å². The summed E-state index contributed by atoms with van der Waals surface area (Å²) in [5, 5.41) is 0. The Labute approximate surface area is 106 Å². The van der Waals surface area contributed by atoms with Crippen molar-refractivity contribution in [3.63, 3.8) is 0 Å². The molecule has 0 aromatic rings. The summed E-state index contributed by atoms with van der Waals surface area (Å²) < 4.78 is 5.43. The highest BCUT2D eigenvalue weighted by Crippen LogP contribution is 2.19. The first-order valence-corrected chi connectivity index (χ1v) is 6.75. The minimum absolute atomic E-state index is 0.117. The van der Waals surface area contributed by atoms with Crippen molar-refractivity contribution >= 4 is 0 Å². The molecular formula is C14H26N2O. The predicted molar refractivity (Wildman–Crippen MR) is 71.7 cm³/mol. The second-order valence-electron chi connectivity index (χ2n) is 4.94. The van der Waals surface area contributed by atoms with Gasteiger partial charge in [-0.2, -0.15) is 0 Å². The van der Waals surface area contributed by atoms with Gasteiger partial charge in [-0.1, -0.05) is 13.3 Å². The molecule has 1 heterocycles. The molecule has 3 nitrogen and oxygen atoms in total. The number of piperidine rings is 1. The first-order chi connectivity index (χ1) is 8.26. The van der Waals surface area contributed by atoms with Crippen LogP contribution in [0.2, 0.25) is 0 Å². The van der Waals surface area contributed by atoms with Crippen molar-refractivity contribution in [2.24, 2.45) is 11.7 Å². The normalized spacial score (nSPS) is 20.1. The maximum Gasteiger partial charge on any atom is 0.0630 e. The highest BCUT2D eigenvalue weighted by atomic mass is 16.5. The molecule has 0 amide bonds. The lowest BCUT2D eigenvalue weighted by molar-refractivity contribution is 0.101. The molecule has 0 radical (unpaired) electrons. The Morgan fingerprint density at radius 3 is 2.76 bits per heavy atom. The van der Waals surface area contributed by atoms with Gasteiger partial charge >= 0.3 is 0 Å². The molecule has 0 unspecified atom stereocenters. The molecule has 0 aromatic carbocycles. The fraction of sp³-hybridized carbons (Fsp3) is 0.857. The van der Waals surface area contributed by atoms with Gasteiger partial charge in [-0.15, -0.1) is 12.3 Å². The number of terminal acetylenes is 1. The van der Waals surface area contributed by atoms with E-state index in [1.807, 2.05) is 0 Å². The summed E-state index contributed by atoms with van der Waals surface area (Å²) >= 11 is 0. The Balaban J connectivity index is 2.06. The molecule has 0 aromatic heterocycles. The fourth-order valence-corrected chi connectivity index (χ4v) is 2.33. The van der Waals surface area contributed by atoms with Gasteiger partial charge in [0.25, 0.3) is 0 Å². The van der Waals surface area contributed by atoms with E-state index in [1.165, 1.54) is 32.4 Å². The number of nitrogens with zero attached hydrogens (tertiary/aromatic N) is 1. The van der Waals surface area contributed by atoms with Gasteiger partial charge in [-0.05, 0) is 31.8 Å². The molecule has 1 atom stereocenters. The number of likely N-dealkylation sites (tertiary alicyclic amines) is 1. The lowest BCUT2D eigenvalue weighted by atomic mass is 9.94. The number of rotatable bonds is 7. The van der Waals surface area contributed by atoms with Gasteiger partial charge in [0.05, 0.1) is 13.2 Å². The van der Waals surface area contributed by atoms with Crippen molar-refractivity contribution in [3.8, 4) is 12.3 Å². The fourth-order valence-electron chi connectivity index (χ4n) is 2.33. The van der Waals surface area contributed by atoms with Crippen LogP contribution in [0.5, 0.6) is 0 Å². The topological polar surface area (TPSA) is 38.5 Å². The molecule has 3 heteroatoms. The Bertz CT molecular complexity index is 229. The maximum atomic E-state index is 6.04. The zero-order valence-corrected chi connectivity index (χ0v) is 11.0. The molecule has 1 aliphatic heterocycles. The largest absolute Gasteiger partial charge is 0.379 e. The van der Waals surface area contributed by atoms with E-state index < -0.39 is 0 Å². The van der Waals surface area contributed by atoms with Gasteiger partial charge in [0, 0.05) is 19.0 Å². The quantitative estimate of drug-likeness (QED) is 0.539. The van der Waals surface area contributed by atoms with E-state index >= 15 is 0 Å². The van der Waals surface area contributed by atoms with Crippen molar-refractivity contribution < 1.29 is 4.74 Å². The smallest absolute Gasteiger partial charge is 0.0630 e. The summed E-state index contributed by atoms with van der Waals surface area (Å²) in [4.78, 5) is 2.46. The van der Waals surface area contributed by atoms with Crippen LogP contribution in [0.25, 0.3) is 0 Å². The van der Waals surface area contributed by atoms with Crippen LogP contribution >= 0.6 is 0 Å². The minimum Gasteiger partial charge on any atom is -0.379 e. The third kappa shape index (κ3) is 6.07. The van der Waals surface area contributed by atoms with E-state index in [1.54, 1.807) is 0 Å². The number of ether oxygens (including phenoxy) is 1. The SMILES string of the molecule is C#CCCOC[C@@H](N)CN1CCC(CC)CC1. The van der Waals surface area contributed by atoms with Gasteiger partial charge in [-0.25, -0.2) is 0 Å². The van der Waals surface area contributed by atoms with Gasteiger partial charge in [0.1, 0.15) is 0 Å². The third-order valence-corrected chi connectivity index (χ3v) is 3.50. The number of hydrogen-bond donors (Lipinski definition) is 1. The Kier molecular flexibility index (Phi) is 7.27. The standard InChI is InChI=1S/C14H26N2O/c1-3-5-10-17-12-14(15)11-16-8-6-13(4-2)7-9-16/h1,13-14H,4-12,15H2,2H3/t14-/m0/s1. The van der Waals surface area contributed by atoms with Crippen LogP contribution in [-0.4, -0.2) is 43.8 Å². The zero-order chi connectivity index (χ0) is 12.5. The molecular weight excluding hydrogens is 212 g/mol. The molecule has 0 saturated carbocycles. The van der Waals surface area contributed by atoms with E-state index in [0.29, 0.717) is 19.6 Å². The molecule has 0 bridgehead atoms. The van der Waals surface area contributed by atoms with Gasteiger partial charge in [-0.3, -0.25) is 0 Å². The van der Waals surface area contributed by atoms with Crippen molar-refractivity contribution in [1.82, 2.24) is 4.90 Å². The van der Waals surface area contributed by atoms with Crippen LogP contribution in [0, 0.1) is 18.3 Å². The van der Waals surface area contributed by atoms with Crippen LogP contribution < -0.4 is 5.73 Å². The van der Waals surface area contributed by atoms with Gasteiger partial charge in [0.15, 0.2) is 0 Å². The lowest BCUT2D eigenvalue weighted by Crippen LogP contribution is -2.43. The summed E-state index contributed by atoms with van der Waals surface area (Å²) in [6.07, 6.45) is 9.78. The second-order valence-corrected chi connectivity index (χ2v) is 4.94. The number of hydrogen-bond acceptors (Lipinski definition) is 3. The molecule has 2 N–H and O–H groups in total. The average Bonchev–Trinajstić information content (AvgIpc) is 2.36. The maximum absolute atomic E-state index is 6.04. The van der Waals surface area contributed by atoms with Crippen LogP contribution in [0.4, 0.5) is 0 Å². The van der Waals surface area contributed by atoms with E-state index in [4.69, 9.17) is 16.9 Å². The van der Waals surface area contributed by atoms with Gasteiger partial charge < -0.3 is 15.4 Å². The van der Waals surface area contributed by atoms with E-state index in [2.05, 4.69) is 17.7 Å². The van der Waals surface area contributed by atoms with E-state index in [9.17, 15) is 0 Å². The summed E-state index contributed by atoms with van der Waals surface area (Å²) in [7, 11) is 0. The van der Waals surface area contributed by atoms with Gasteiger partial charge in [0.2, 0.25) is 0 Å². The molecule has 1 rings (SSSR count). The Morgan fingerprint density at radius 1 is 1.47 bits per heavy atom. The highest BCUT2D eigenvalue weighted by molar-refractivity contribution is 4.83. The summed E-state index contributed by atoms with van der Waals surface area (Å²) in [5.74, 6) is 3.48. The Morgan fingerprint density at radius 2 is 2.18 bits per heavy atom.